The van der Waals surface area contributed by atoms with Gasteiger partial charge in [0.2, 0.25) is 11.8 Å². The van der Waals surface area contributed by atoms with Gasteiger partial charge in [-0.05, 0) is 18.9 Å². The fourth-order valence-corrected chi connectivity index (χ4v) is 3.65. The summed E-state index contributed by atoms with van der Waals surface area (Å²) in [6.45, 7) is 2.21. The van der Waals surface area contributed by atoms with Crippen molar-refractivity contribution in [3.8, 4) is 0 Å². The standard InChI is InChI=1S/C19H25F2N3O3/c1-23(14-5-9-27-10-6-14)17(25)11-16-19(26)22-7-8-24(16)12-13-3-2-4-15(20)18(13)21/h2-4,14,16H,5-12H2,1H3,(H,22,26)/t16-/m0/s1. The molecular weight excluding hydrogens is 356 g/mol. The summed E-state index contributed by atoms with van der Waals surface area (Å²) >= 11 is 0. The second-order valence-electron chi connectivity index (χ2n) is 7.04. The van der Waals surface area contributed by atoms with Crippen molar-refractivity contribution in [2.24, 2.45) is 0 Å². The minimum Gasteiger partial charge on any atom is -0.381 e. The highest BCUT2D eigenvalue weighted by atomic mass is 19.2. The van der Waals surface area contributed by atoms with Crippen LogP contribution in [0.1, 0.15) is 24.8 Å². The zero-order chi connectivity index (χ0) is 19.4. The number of nitrogens with one attached hydrogen (secondary N) is 1. The first-order valence-corrected chi connectivity index (χ1v) is 9.25. The third kappa shape index (κ3) is 4.62. The van der Waals surface area contributed by atoms with E-state index in [1.807, 2.05) is 0 Å². The molecule has 27 heavy (non-hydrogen) atoms. The molecule has 2 heterocycles. The Bertz CT molecular complexity index is 695. The molecule has 1 aromatic rings. The summed E-state index contributed by atoms with van der Waals surface area (Å²) < 4.78 is 32.8. The van der Waals surface area contributed by atoms with Crippen LogP contribution in [0, 0.1) is 11.6 Å². The van der Waals surface area contributed by atoms with E-state index in [-0.39, 0.29) is 36.4 Å². The number of benzene rings is 1. The van der Waals surface area contributed by atoms with Gasteiger partial charge >= 0.3 is 0 Å². The van der Waals surface area contributed by atoms with E-state index in [0.29, 0.717) is 26.3 Å². The van der Waals surface area contributed by atoms with Gasteiger partial charge in [-0.1, -0.05) is 12.1 Å². The maximum absolute atomic E-state index is 14.0. The Kier molecular flexibility index (Phi) is 6.38. The number of nitrogens with zero attached hydrogens (tertiary/aromatic N) is 2. The number of piperazine rings is 1. The quantitative estimate of drug-likeness (QED) is 0.835. The van der Waals surface area contributed by atoms with E-state index in [1.54, 1.807) is 16.8 Å². The minimum atomic E-state index is -0.916. The van der Waals surface area contributed by atoms with Gasteiger partial charge in [0.05, 0.1) is 12.5 Å². The molecule has 0 aromatic heterocycles. The van der Waals surface area contributed by atoms with E-state index in [4.69, 9.17) is 4.74 Å². The number of hydrogen-bond donors (Lipinski definition) is 1. The largest absolute Gasteiger partial charge is 0.381 e. The molecule has 1 N–H and O–H groups in total. The zero-order valence-corrected chi connectivity index (χ0v) is 15.4. The van der Waals surface area contributed by atoms with Crippen molar-refractivity contribution in [3.05, 3.63) is 35.4 Å². The summed E-state index contributed by atoms with van der Waals surface area (Å²) in [4.78, 5) is 28.5. The summed E-state index contributed by atoms with van der Waals surface area (Å²) in [7, 11) is 1.75. The fraction of sp³-hybridized carbons (Fsp3) is 0.579. The smallest absolute Gasteiger partial charge is 0.237 e. The molecule has 0 bridgehead atoms. The molecule has 2 aliphatic heterocycles. The van der Waals surface area contributed by atoms with Gasteiger partial charge < -0.3 is 15.0 Å². The molecule has 2 amide bonds. The second kappa shape index (κ2) is 8.75. The molecule has 0 radical (unpaired) electrons. The van der Waals surface area contributed by atoms with E-state index in [1.165, 1.54) is 12.1 Å². The SMILES string of the molecule is CN(C(=O)C[C@H]1C(=O)NCCN1Cc1cccc(F)c1F)C1CCOCC1. The molecule has 2 fully saturated rings. The Morgan fingerprint density at radius 3 is 2.81 bits per heavy atom. The van der Waals surface area contributed by atoms with E-state index < -0.39 is 17.7 Å². The Morgan fingerprint density at radius 2 is 2.07 bits per heavy atom. The highest BCUT2D eigenvalue weighted by Crippen LogP contribution is 2.20. The number of amides is 2. The van der Waals surface area contributed by atoms with Crippen LogP contribution in [-0.4, -0.2) is 67.0 Å². The lowest BCUT2D eigenvalue weighted by Crippen LogP contribution is -2.56. The maximum atomic E-state index is 14.0. The molecule has 2 saturated heterocycles. The van der Waals surface area contributed by atoms with E-state index >= 15 is 0 Å². The number of carbonyl (C=O) groups excluding carboxylic acids is 2. The molecule has 148 valence electrons. The molecule has 8 heteroatoms. The minimum absolute atomic E-state index is 0.0105. The lowest BCUT2D eigenvalue weighted by atomic mass is 10.0. The monoisotopic (exact) mass is 381 g/mol. The van der Waals surface area contributed by atoms with Crippen LogP contribution < -0.4 is 5.32 Å². The molecule has 0 unspecified atom stereocenters. The van der Waals surface area contributed by atoms with Crippen LogP contribution >= 0.6 is 0 Å². The van der Waals surface area contributed by atoms with Gasteiger partial charge in [-0.3, -0.25) is 14.5 Å². The molecule has 1 aromatic carbocycles. The average molecular weight is 381 g/mol. The van der Waals surface area contributed by atoms with Gasteiger partial charge in [0.25, 0.3) is 0 Å². The van der Waals surface area contributed by atoms with E-state index in [0.717, 1.165) is 18.9 Å². The molecule has 1 atom stereocenters. The molecular formula is C19H25F2N3O3. The normalized spacial score (nSPS) is 21.7. The summed E-state index contributed by atoms with van der Waals surface area (Å²) in [5.74, 6) is -2.21. The topological polar surface area (TPSA) is 61.9 Å². The molecule has 0 spiro atoms. The zero-order valence-electron chi connectivity index (χ0n) is 15.4. The van der Waals surface area contributed by atoms with Crippen LogP contribution in [0.5, 0.6) is 0 Å². The lowest BCUT2D eigenvalue weighted by Gasteiger charge is -2.37. The van der Waals surface area contributed by atoms with Crippen molar-refractivity contribution >= 4 is 11.8 Å². The van der Waals surface area contributed by atoms with Gasteiger partial charge in [0, 0.05) is 51.5 Å². The fourth-order valence-electron chi connectivity index (χ4n) is 3.65. The Hall–Kier alpha value is -2.06. The van der Waals surface area contributed by atoms with Crippen LogP contribution in [0.2, 0.25) is 0 Å². The van der Waals surface area contributed by atoms with Crippen molar-refractivity contribution in [2.75, 3.05) is 33.4 Å². The van der Waals surface area contributed by atoms with E-state index in [9.17, 15) is 18.4 Å². The van der Waals surface area contributed by atoms with Crippen LogP contribution in [0.4, 0.5) is 8.78 Å². The lowest BCUT2D eigenvalue weighted by molar-refractivity contribution is -0.140. The van der Waals surface area contributed by atoms with Gasteiger partial charge in [0.15, 0.2) is 11.6 Å². The van der Waals surface area contributed by atoms with Crippen molar-refractivity contribution in [1.82, 2.24) is 15.1 Å². The molecule has 3 rings (SSSR count). The van der Waals surface area contributed by atoms with Crippen molar-refractivity contribution in [2.45, 2.75) is 37.9 Å². The summed E-state index contributed by atoms with van der Waals surface area (Å²) in [5, 5.41) is 2.76. The summed E-state index contributed by atoms with van der Waals surface area (Å²) in [5.41, 5.74) is 0.180. The van der Waals surface area contributed by atoms with Crippen LogP contribution in [0.25, 0.3) is 0 Å². The number of halogens is 2. The number of ether oxygens (including phenoxy) is 1. The van der Waals surface area contributed by atoms with Crippen molar-refractivity contribution < 1.29 is 23.1 Å². The predicted molar refractivity (Wildman–Crippen MR) is 94.8 cm³/mol. The van der Waals surface area contributed by atoms with Crippen LogP contribution in [-0.2, 0) is 20.9 Å². The van der Waals surface area contributed by atoms with E-state index in [2.05, 4.69) is 5.32 Å². The van der Waals surface area contributed by atoms with Crippen molar-refractivity contribution in [1.29, 1.82) is 0 Å². The highest BCUT2D eigenvalue weighted by Gasteiger charge is 2.34. The third-order valence-electron chi connectivity index (χ3n) is 5.35. The summed E-state index contributed by atoms with van der Waals surface area (Å²) in [6, 6.07) is 3.41. The number of carbonyl (C=O) groups is 2. The average Bonchev–Trinajstić information content (AvgIpc) is 2.68. The Balaban J connectivity index is 1.69. The number of hydrogen-bond acceptors (Lipinski definition) is 4. The van der Waals surface area contributed by atoms with Crippen molar-refractivity contribution in [3.63, 3.8) is 0 Å². The first-order chi connectivity index (χ1) is 13.0. The van der Waals surface area contributed by atoms with Gasteiger partial charge in [-0.15, -0.1) is 0 Å². The first kappa shape index (κ1) is 19.7. The Morgan fingerprint density at radius 1 is 1.33 bits per heavy atom. The molecule has 0 saturated carbocycles. The third-order valence-corrected chi connectivity index (χ3v) is 5.35. The highest BCUT2D eigenvalue weighted by molar-refractivity contribution is 5.88. The maximum Gasteiger partial charge on any atom is 0.237 e. The predicted octanol–water partition coefficient (Wildman–Crippen LogP) is 1.29. The second-order valence-corrected chi connectivity index (χ2v) is 7.04. The molecule has 6 nitrogen and oxygen atoms in total. The first-order valence-electron chi connectivity index (χ1n) is 9.25. The Labute approximate surface area is 157 Å². The summed E-state index contributed by atoms with van der Waals surface area (Å²) in [6.07, 6.45) is 1.56. The van der Waals surface area contributed by atoms with Gasteiger partial charge in [-0.2, -0.15) is 0 Å². The van der Waals surface area contributed by atoms with Gasteiger partial charge in [-0.25, -0.2) is 8.78 Å². The number of rotatable bonds is 5. The van der Waals surface area contributed by atoms with Crippen LogP contribution in [0.3, 0.4) is 0 Å². The molecule has 0 aliphatic carbocycles. The van der Waals surface area contributed by atoms with Gasteiger partial charge in [0.1, 0.15) is 0 Å². The van der Waals surface area contributed by atoms with Crippen LogP contribution in [0.15, 0.2) is 18.2 Å². The molecule has 2 aliphatic rings.